The van der Waals surface area contributed by atoms with Gasteiger partial charge in [-0.25, -0.2) is 0 Å². The van der Waals surface area contributed by atoms with Gasteiger partial charge in [0, 0.05) is 18.3 Å². The van der Waals surface area contributed by atoms with Crippen molar-refractivity contribution >= 4 is 5.97 Å². The number of pyridine rings is 1. The largest absolute Gasteiger partial charge is 0.503 e. The van der Waals surface area contributed by atoms with Crippen LogP contribution in [0.3, 0.4) is 0 Å². The minimum atomic E-state index is -0.421. The predicted octanol–water partition coefficient (Wildman–Crippen LogP) is 1.74. The molecule has 3 rings (SSSR count). The number of hydrogen-bond acceptors (Lipinski definition) is 5. The molecule has 2 aromatic rings. The van der Waals surface area contributed by atoms with E-state index in [4.69, 9.17) is 4.74 Å². The van der Waals surface area contributed by atoms with Crippen molar-refractivity contribution in [3.8, 4) is 5.75 Å². The lowest BCUT2D eigenvalue weighted by Crippen LogP contribution is -2.36. The zero-order chi connectivity index (χ0) is 17.8. The number of methoxy groups -OCH3 is 1. The molecule has 6 nitrogen and oxygen atoms in total. The summed E-state index contributed by atoms with van der Waals surface area (Å²) in [7, 11) is 1.38. The molecule has 0 radical (unpaired) electrons. The van der Waals surface area contributed by atoms with Crippen LogP contribution in [0.25, 0.3) is 0 Å². The fourth-order valence-corrected chi connectivity index (χ4v) is 3.27. The van der Waals surface area contributed by atoms with Crippen LogP contribution in [-0.4, -0.2) is 40.2 Å². The van der Waals surface area contributed by atoms with Crippen LogP contribution in [0.2, 0.25) is 0 Å². The summed E-state index contributed by atoms with van der Waals surface area (Å²) in [6.07, 6.45) is 3.32. The Balaban J connectivity index is 1.78. The van der Waals surface area contributed by atoms with E-state index >= 15 is 0 Å². The Bertz CT molecular complexity index is 801. The smallest absolute Gasteiger partial charge is 0.323 e. The third kappa shape index (κ3) is 3.74. The van der Waals surface area contributed by atoms with Gasteiger partial charge in [0.2, 0.25) is 0 Å². The van der Waals surface area contributed by atoms with Gasteiger partial charge in [0.05, 0.1) is 13.7 Å². The van der Waals surface area contributed by atoms with Crippen LogP contribution >= 0.6 is 0 Å². The van der Waals surface area contributed by atoms with E-state index in [1.54, 1.807) is 12.3 Å². The number of nitrogens with zero attached hydrogens (tertiary/aromatic N) is 2. The average molecular weight is 342 g/mol. The summed E-state index contributed by atoms with van der Waals surface area (Å²) < 4.78 is 6.31. The number of likely N-dealkylation sites (tertiary alicyclic amines) is 1. The number of aromatic nitrogens is 1. The van der Waals surface area contributed by atoms with Crippen LogP contribution in [0.5, 0.6) is 5.75 Å². The van der Waals surface area contributed by atoms with E-state index in [2.05, 4.69) is 0 Å². The molecular weight excluding hydrogens is 320 g/mol. The molecule has 1 atom stereocenters. The SMILES string of the molecule is COC(=O)C1CCCN1Cc1ccn(Cc2ccccc2)c(=O)c1O. The van der Waals surface area contributed by atoms with Gasteiger partial charge in [-0.2, -0.15) is 0 Å². The first-order valence-electron chi connectivity index (χ1n) is 8.37. The minimum absolute atomic E-state index is 0.256. The first kappa shape index (κ1) is 17.2. The lowest BCUT2D eigenvalue weighted by atomic mass is 10.2. The van der Waals surface area contributed by atoms with Gasteiger partial charge < -0.3 is 14.4 Å². The highest BCUT2D eigenvalue weighted by molar-refractivity contribution is 5.76. The molecule has 1 aliphatic rings. The van der Waals surface area contributed by atoms with E-state index in [0.29, 0.717) is 18.7 Å². The molecule has 1 unspecified atom stereocenters. The van der Waals surface area contributed by atoms with Crippen LogP contribution < -0.4 is 5.56 Å². The maximum atomic E-state index is 12.4. The van der Waals surface area contributed by atoms with Gasteiger partial charge in [0.25, 0.3) is 5.56 Å². The van der Waals surface area contributed by atoms with Crippen LogP contribution in [0.15, 0.2) is 47.4 Å². The third-order valence-corrected chi connectivity index (χ3v) is 4.63. The Labute approximate surface area is 146 Å². The molecule has 0 aliphatic carbocycles. The second-order valence-corrected chi connectivity index (χ2v) is 6.26. The summed E-state index contributed by atoms with van der Waals surface area (Å²) in [6, 6.07) is 11.0. The molecule has 1 fully saturated rings. The van der Waals surface area contributed by atoms with Crippen LogP contribution in [0.1, 0.15) is 24.0 Å². The molecule has 0 spiro atoms. The molecule has 2 heterocycles. The van der Waals surface area contributed by atoms with Crippen molar-refractivity contribution in [2.24, 2.45) is 0 Å². The summed E-state index contributed by atoms with van der Waals surface area (Å²) in [5.41, 5.74) is 1.10. The van der Waals surface area contributed by atoms with E-state index in [0.717, 1.165) is 24.9 Å². The van der Waals surface area contributed by atoms with Gasteiger partial charge in [0.1, 0.15) is 6.04 Å². The van der Waals surface area contributed by atoms with E-state index in [1.807, 2.05) is 35.2 Å². The summed E-state index contributed by atoms with van der Waals surface area (Å²) in [4.78, 5) is 26.2. The maximum absolute atomic E-state index is 12.4. The molecule has 1 saturated heterocycles. The van der Waals surface area contributed by atoms with Gasteiger partial charge in [-0.3, -0.25) is 14.5 Å². The number of carbonyl (C=O) groups excluding carboxylic acids is 1. The highest BCUT2D eigenvalue weighted by atomic mass is 16.5. The summed E-state index contributed by atoms with van der Waals surface area (Å²) in [5, 5.41) is 10.3. The number of hydrogen-bond donors (Lipinski definition) is 1. The van der Waals surface area contributed by atoms with Gasteiger partial charge in [-0.1, -0.05) is 30.3 Å². The first-order valence-corrected chi connectivity index (χ1v) is 8.37. The molecule has 6 heteroatoms. The monoisotopic (exact) mass is 342 g/mol. The standard InChI is InChI=1S/C19H22N2O4/c1-25-19(24)16-8-5-10-20(16)13-15-9-11-21(18(23)17(15)22)12-14-6-3-2-4-7-14/h2-4,6-7,9,11,16,22H,5,8,10,12-13H2,1H3. The Morgan fingerprint density at radius 3 is 2.72 bits per heavy atom. The van der Waals surface area contributed by atoms with Crippen LogP contribution in [-0.2, 0) is 22.6 Å². The van der Waals surface area contributed by atoms with Crippen molar-refractivity contribution in [2.45, 2.75) is 32.0 Å². The second kappa shape index (κ2) is 7.53. The Morgan fingerprint density at radius 1 is 1.24 bits per heavy atom. The zero-order valence-electron chi connectivity index (χ0n) is 14.2. The zero-order valence-corrected chi connectivity index (χ0v) is 14.2. The van der Waals surface area contributed by atoms with Crippen molar-refractivity contribution < 1.29 is 14.6 Å². The first-order chi connectivity index (χ1) is 12.1. The third-order valence-electron chi connectivity index (χ3n) is 4.63. The summed E-state index contributed by atoms with van der Waals surface area (Å²) >= 11 is 0. The average Bonchev–Trinajstić information content (AvgIpc) is 3.10. The van der Waals surface area contributed by atoms with Crippen LogP contribution in [0, 0.1) is 0 Å². The van der Waals surface area contributed by atoms with Crippen molar-refractivity contribution in [3.63, 3.8) is 0 Å². The number of esters is 1. The lowest BCUT2D eigenvalue weighted by Gasteiger charge is -2.22. The number of aromatic hydroxyl groups is 1. The van der Waals surface area contributed by atoms with Crippen molar-refractivity contribution in [3.05, 3.63) is 64.1 Å². The molecule has 1 N–H and O–H groups in total. The number of rotatable bonds is 5. The summed E-state index contributed by atoms with van der Waals surface area (Å²) in [5.74, 6) is -0.525. The lowest BCUT2D eigenvalue weighted by molar-refractivity contribution is -0.146. The van der Waals surface area contributed by atoms with Crippen molar-refractivity contribution in [1.82, 2.24) is 9.47 Å². The van der Waals surface area contributed by atoms with Crippen molar-refractivity contribution in [1.29, 1.82) is 0 Å². The van der Waals surface area contributed by atoms with E-state index in [-0.39, 0.29) is 17.8 Å². The number of ether oxygens (including phenoxy) is 1. The molecule has 1 aromatic carbocycles. The van der Waals surface area contributed by atoms with Gasteiger partial charge in [0.15, 0.2) is 5.75 Å². The second-order valence-electron chi connectivity index (χ2n) is 6.26. The van der Waals surface area contributed by atoms with E-state index in [9.17, 15) is 14.7 Å². The Kier molecular flexibility index (Phi) is 5.19. The number of carbonyl (C=O) groups is 1. The van der Waals surface area contributed by atoms with Crippen molar-refractivity contribution in [2.75, 3.05) is 13.7 Å². The molecule has 1 aromatic heterocycles. The van der Waals surface area contributed by atoms with E-state index < -0.39 is 5.56 Å². The quantitative estimate of drug-likeness (QED) is 0.838. The molecule has 0 saturated carbocycles. The molecular formula is C19H22N2O4. The Hall–Kier alpha value is -2.60. The topological polar surface area (TPSA) is 71.8 Å². The fourth-order valence-electron chi connectivity index (χ4n) is 3.27. The van der Waals surface area contributed by atoms with Gasteiger partial charge >= 0.3 is 5.97 Å². The molecule has 1 aliphatic heterocycles. The van der Waals surface area contributed by atoms with Gasteiger partial charge in [-0.05, 0) is 31.0 Å². The highest BCUT2D eigenvalue weighted by Crippen LogP contribution is 2.23. The minimum Gasteiger partial charge on any atom is -0.503 e. The molecule has 0 amide bonds. The summed E-state index contributed by atoms with van der Waals surface area (Å²) in [6.45, 7) is 1.50. The molecule has 25 heavy (non-hydrogen) atoms. The van der Waals surface area contributed by atoms with Crippen LogP contribution in [0.4, 0.5) is 0 Å². The maximum Gasteiger partial charge on any atom is 0.323 e. The highest BCUT2D eigenvalue weighted by Gasteiger charge is 2.32. The number of benzene rings is 1. The fraction of sp³-hybridized carbons (Fsp3) is 0.368. The normalized spacial score (nSPS) is 17.6. The Morgan fingerprint density at radius 2 is 2.00 bits per heavy atom. The van der Waals surface area contributed by atoms with E-state index in [1.165, 1.54) is 11.7 Å². The van der Waals surface area contributed by atoms with Gasteiger partial charge in [-0.15, -0.1) is 0 Å². The predicted molar refractivity (Wildman–Crippen MR) is 93.4 cm³/mol. The molecule has 0 bridgehead atoms. The molecule has 132 valence electrons.